The first kappa shape index (κ1) is 34.5. The van der Waals surface area contributed by atoms with Gasteiger partial charge < -0.3 is 45.3 Å². The van der Waals surface area contributed by atoms with Gasteiger partial charge in [-0.2, -0.15) is 0 Å². The largest absolute Gasteiger partial charge is 0.674 e. The highest BCUT2D eigenvalue weighted by Crippen LogP contribution is 1.96. The summed E-state index contributed by atoms with van der Waals surface area (Å²) >= 11 is 1.23. The number of nitrogens with zero attached hydrogens (tertiary/aromatic N) is 1. The van der Waals surface area contributed by atoms with Gasteiger partial charge in [0.1, 0.15) is 6.21 Å². The number of hydrogen-bond donors (Lipinski definition) is 9. The van der Waals surface area contributed by atoms with Gasteiger partial charge in [0, 0.05) is 5.75 Å². The number of rotatable bonds is 3. The summed E-state index contributed by atoms with van der Waals surface area (Å²) in [5.74, 6) is -0.185. The zero-order chi connectivity index (χ0) is 20.7. The van der Waals surface area contributed by atoms with Gasteiger partial charge in [-0.15, -0.1) is 0 Å². The van der Waals surface area contributed by atoms with Crippen molar-refractivity contribution in [3.8, 4) is 0 Å². The lowest BCUT2D eigenvalue weighted by Gasteiger charge is -1.79. The molecule has 11 nitrogen and oxygen atoms in total. The van der Waals surface area contributed by atoms with Gasteiger partial charge in [0.2, 0.25) is 0 Å². The average molecular weight is 388 g/mol. The maximum Gasteiger partial charge on any atom is 0.674 e. The molecule has 9 N–H and O–H groups in total. The van der Waals surface area contributed by atoms with E-state index in [1.807, 2.05) is 6.92 Å². The summed E-state index contributed by atoms with van der Waals surface area (Å²) in [4.78, 5) is 9.71. The van der Waals surface area contributed by atoms with Crippen LogP contribution in [0.2, 0.25) is 0 Å². The zero-order valence-electron chi connectivity index (χ0n) is 11.9. The second-order valence-corrected chi connectivity index (χ2v) is 3.28. The summed E-state index contributed by atoms with van der Waals surface area (Å²) in [5.41, 5.74) is 0. The van der Waals surface area contributed by atoms with Gasteiger partial charge in [-0.1, -0.05) is 6.92 Å². The molecule has 0 bridgehead atoms. The number of carbonyl (C=O) groups is 1. The molecule has 0 fully saturated rings. The minimum Gasteiger partial charge on any atom is -0.477 e. The van der Waals surface area contributed by atoms with Crippen LogP contribution in [0.5, 0.6) is 0 Å². The van der Waals surface area contributed by atoms with Crippen molar-refractivity contribution in [2.75, 3.05) is 5.75 Å². The fraction of sp³-hybridized carbons (Fsp3) is 0.500. The predicted molar refractivity (Wildman–Crippen MR) is 79.5 cm³/mol. The maximum atomic E-state index is 10.1. The summed E-state index contributed by atoms with van der Waals surface area (Å²) in [6.07, 6.45) is 0.883. The molecule has 0 aliphatic rings. The SMILES string of the molecule is CCS/N=C\C(=O)O.OB(O)F.OB(O)F.OB(O)F.OB(O)F. The molecule has 0 rings (SSSR count). The van der Waals surface area contributed by atoms with Crippen LogP contribution >= 0.6 is 11.9 Å². The molecular weight excluding hydrogens is 373 g/mol. The fourth-order valence-corrected chi connectivity index (χ4v) is 0.471. The smallest absolute Gasteiger partial charge is 0.477 e. The van der Waals surface area contributed by atoms with Crippen molar-refractivity contribution in [1.82, 2.24) is 0 Å². The monoisotopic (exact) mass is 389 g/mol. The van der Waals surface area contributed by atoms with E-state index in [0.29, 0.717) is 0 Å². The van der Waals surface area contributed by atoms with Gasteiger partial charge in [0.15, 0.2) is 0 Å². The van der Waals surface area contributed by atoms with Gasteiger partial charge in [0.05, 0.1) is 0 Å². The average Bonchev–Trinajstić information content (AvgIpc) is 2.25. The normalized spacial score (nSPS) is 7.88. The molecule has 0 aromatic rings. The molecule has 0 saturated heterocycles. The molecule has 0 aromatic heterocycles. The van der Waals surface area contributed by atoms with Crippen LogP contribution in [0.15, 0.2) is 4.40 Å². The number of hydrogen-bond acceptors (Lipinski definition) is 11. The first-order valence-corrected chi connectivity index (χ1v) is 6.03. The van der Waals surface area contributed by atoms with E-state index in [0.717, 1.165) is 12.0 Å². The fourth-order valence-electron chi connectivity index (χ4n) is 0.157. The molecule has 0 radical (unpaired) electrons. The Labute approximate surface area is 139 Å². The summed E-state index contributed by atoms with van der Waals surface area (Å²) < 4.78 is 43.9. The minimum atomic E-state index is -2.67. The standard InChI is InChI=1S/C4H7NO2S.4BFH2O2/c1-2-8-5-3-4(6)7;4*2-1(3)4/h3H,2H2,1H3,(H,6,7);4*3-4H/b5-3-;;;;. The van der Waals surface area contributed by atoms with E-state index in [1.54, 1.807) is 0 Å². The van der Waals surface area contributed by atoms with E-state index in [9.17, 15) is 22.1 Å². The van der Waals surface area contributed by atoms with E-state index in [1.165, 1.54) is 11.9 Å². The second-order valence-electron chi connectivity index (χ2n) is 2.23. The van der Waals surface area contributed by atoms with Crippen LogP contribution in [0.4, 0.5) is 17.3 Å². The Hall–Kier alpha value is -0.850. The lowest BCUT2D eigenvalue weighted by atomic mass is 10.3. The van der Waals surface area contributed by atoms with Gasteiger partial charge in [-0.3, -0.25) is 17.3 Å². The second kappa shape index (κ2) is 30.1. The van der Waals surface area contributed by atoms with E-state index in [2.05, 4.69) is 4.40 Å². The van der Waals surface area contributed by atoms with Crippen molar-refractivity contribution in [3.05, 3.63) is 0 Å². The number of carboxylic acids is 1. The van der Waals surface area contributed by atoms with E-state index in [-0.39, 0.29) is 0 Å². The Kier molecular flexibility index (Phi) is 43.2. The third-order valence-corrected chi connectivity index (χ3v) is 0.879. The Morgan fingerprint density at radius 3 is 1.21 bits per heavy atom. The Morgan fingerprint density at radius 1 is 0.875 bits per heavy atom. The van der Waals surface area contributed by atoms with Crippen LogP contribution in [0.1, 0.15) is 6.92 Å². The third-order valence-electron chi connectivity index (χ3n) is 0.367. The molecule has 0 atom stereocenters. The van der Waals surface area contributed by atoms with Crippen LogP contribution in [0, 0.1) is 0 Å². The molecule has 0 spiro atoms. The lowest BCUT2D eigenvalue weighted by Crippen LogP contribution is -1.98. The molecule has 0 unspecified atom stereocenters. The van der Waals surface area contributed by atoms with Gasteiger partial charge in [-0.25, -0.2) is 9.19 Å². The van der Waals surface area contributed by atoms with E-state index < -0.39 is 35.6 Å². The Morgan fingerprint density at radius 2 is 1.08 bits per heavy atom. The van der Waals surface area contributed by atoms with Crippen molar-refractivity contribution in [2.24, 2.45) is 4.40 Å². The highest BCUT2D eigenvalue weighted by atomic mass is 32.2. The quantitative estimate of drug-likeness (QED) is 0.100. The first-order valence-electron chi connectivity index (χ1n) is 5.09. The Bertz CT molecular complexity index is 234. The number of carboxylic acid groups (broad SMARTS) is 1. The third kappa shape index (κ3) is 499. The lowest BCUT2D eigenvalue weighted by molar-refractivity contribution is -0.128. The van der Waals surface area contributed by atoms with Crippen molar-refractivity contribution < 1.29 is 67.4 Å². The summed E-state index contributed by atoms with van der Waals surface area (Å²) in [6, 6.07) is 0. The van der Waals surface area contributed by atoms with Crippen molar-refractivity contribution in [1.29, 1.82) is 0 Å². The van der Waals surface area contributed by atoms with Gasteiger partial charge in [0.25, 0.3) is 0 Å². The van der Waals surface area contributed by atoms with Gasteiger partial charge >= 0.3 is 35.6 Å². The van der Waals surface area contributed by atoms with Gasteiger partial charge in [-0.05, 0) is 11.9 Å². The molecular formula is C4H15B4F4NO10S. The van der Waals surface area contributed by atoms with E-state index in [4.69, 9.17) is 45.3 Å². The minimum absolute atomic E-state index is 0.809. The van der Waals surface area contributed by atoms with Crippen LogP contribution in [0.25, 0.3) is 0 Å². The Balaban J connectivity index is -0.0000000657. The van der Waals surface area contributed by atoms with Crippen molar-refractivity contribution in [2.45, 2.75) is 6.92 Å². The summed E-state index contributed by atoms with van der Waals surface area (Å²) in [5, 5.41) is 63.5. The van der Waals surface area contributed by atoms with Crippen LogP contribution in [-0.4, -0.2) is 92.8 Å². The number of halogens is 4. The van der Waals surface area contributed by atoms with Crippen LogP contribution in [0.3, 0.4) is 0 Å². The zero-order valence-corrected chi connectivity index (χ0v) is 12.7. The summed E-state index contributed by atoms with van der Waals surface area (Å²) in [6.45, 7) is 1.91. The highest BCUT2D eigenvalue weighted by molar-refractivity contribution is 7.98. The molecule has 0 heterocycles. The summed E-state index contributed by atoms with van der Waals surface area (Å²) in [7, 11) is -10.7. The topological polar surface area (TPSA) is 211 Å². The highest BCUT2D eigenvalue weighted by Gasteiger charge is 1.98. The predicted octanol–water partition coefficient (Wildman–Crippen LogP) is -3.49. The van der Waals surface area contributed by atoms with Crippen LogP contribution < -0.4 is 0 Å². The molecule has 0 amide bonds. The maximum absolute atomic E-state index is 10.1. The molecule has 0 aromatic carbocycles. The van der Waals surface area contributed by atoms with Crippen molar-refractivity contribution in [3.63, 3.8) is 0 Å². The molecule has 0 saturated carbocycles. The molecule has 0 aliphatic heterocycles. The molecule has 20 heteroatoms. The van der Waals surface area contributed by atoms with Crippen molar-refractivity contribution >= 4 is 53.7 Å². The van der Waals surface area contributed by atoms with E-state index >= 15 is 0 Å². The molecule has 0 aliphatic carbocycles. The number of aliphatic carboxylic acids is 1. The molecule has 24 heavy (non-hydrogen) atoms. The van der Waals surface area contributed by atoms with Crippen LogP contribution in [-0.2, 0) is 4.79 Å². The first-order chi connectivity index (χ1) is 10.7. The molecule has 142 valence electrons.